The van der Waals surface area contributed by atoms with Gasteiger partial charge in [-0.1, -0.05) is 6.92 Å². The number of ether oxygens (including phenoxy) is 4. The van der Waals surface area contributed by atoms with Crippen molar-refractivity contribution in [3.05, 3.63) is 0 Å². The third kappa shape index (κ3) is 2.09. The number of hydrogen-bond donors (Lipinski definition) is 3. The van der Waals surface area contributed by atoms with Crippen molar-refractivity contribution in [1.82, 2.24) is 4.90 Å². The smallest absolute Gasteiger partial charge is 0.138 e. The molecule has 8 heteroatoms. The highest BCUT2D eigenvalue weighted by atomic mass is 16.5. The Morgan fingerprint density at radius 2 is 1.82 bits per heavy atom. The Kier molecular flexibility index (Phi) is 4.84. The topological polar surface area (TPSA) is 101 Å². The Morgan fingerprint density at radius 3 is 2.42 bits per heavy atom. The molecule has 1 saturated heterocycles. The highest BCUT2D eigenvalue weighted by molar-refractivity contribution is 5.44. The molecule has 0 aromatic carbocycles. The van der Waals surface area contributed by atoms with Crippen molar-refractivity contribution in [2.24, 2.45) is 28.6 Å². The van der Waals surface area contributed by atoms with Gasteiger partial charge in [-0.3, -0.25) is 4.90 Å². The van der Waals surface area contributed by atoms with E-state index in [1.807, 2.05) is 0 Å². The first-order valence-corrected chi connectivity index (χ1v) is 12.7. The molecule has 1 spiro atoms. The lowest BCUT2D eigenvalue weighted by molar-refractivity contribution is -0.358. The van der Waals surface area contributed by atoms with Crippen LogP contribution < -0.4 is 0 Å². The molecule has 6 aliphatic rings. The van der Waals surface area contributed by atoms with Crippen LogP contribution in [0.2, 0.25) is 0 Å². The Bertz CT molecular complexity index is 829. The molecule has 6 fully saturated rings. The molecule has 6 rings (SSSR count). The molecule has 1 heterocycles. The van der Waals surface area contributed by atoms with Gasteiger partial charge >= 0.3 is 0 Å². The van der Waals surface area contributed by atoms with Crippen molar-refractivity contribution < 1.29 is 34.3 Å². The minimum atomic E-state index is -1.61. The summed E-state index contributed by atoms with van der Waals surface area (Å²) in [5, 5.41) is 37.8. The summed E-state index contributed by atoms with van der Waals surface area (Å²) in [6.45, 7) is 4.14. The van der Waals surface area contributed by atoms with Crippen molar-refractivity contribution in [2.75, 3.05) is 48.1 Å². The molecule has 7 bridgehead atoms. The van der Waals surface area contributed by atoms with Crippen LogP contribution in [0.15, 0.2) is 0 Å². The van der Waals surface area contributed by atoms with Crippen molar-refractivity contribution in [2.45, 2.75) is 80.2 Å². The molecule has 1 aliphatic heterocycles. The minimum absolute atomic E-state index is 0.110. The molecule has 0 aromatic rings. The predicted octanol–water partition coefficient (Wildman–Crippen LogP) is 0.415. The molecule has 12 atom stereocenters. The average Bonchev–Trinajstić information content (AvgIpc) is 3.25. The summed E-state index contributed by atoms with van der Waals surface area (Å²) >= 11 is 0. The molecule has 0 radical (unpaired) electrons. The Balaban J connectivity index is 1.70. The third-order valence-electron chi connectivity index (χ3n) is 11.6. The third-order valence-corrected chi connectivity index (χ3v) is 11.6. The van der Waals surface area contributed by atoms with E-state index in [-0.39, 0.29) is 29.3 Å². The van der Waals surface area contributed by atoms with E-state index in [4.69, 9.17) is 18.9 Å². The normalized spacial score (nSPS) is 60.9. The van der Waals surface area contributed by atoms with Gasteiger partial charge < -0.3 is 34.3 Å². The summed E-state index contributed by atoms with van der Waals surface area (Å²) in [6.07, 6.45) is 1.79. The molecule has 5 saturated carbocycles. The summed E-state index contributed by atoms with van der Waals surface area (Å²) < 4.78 is 24.3. The van der Waals surface area contributed by atoms with E-state index in [1.54, 1.807) is 28.4 Å². The average molecular weight is 468 g/mol. The van der Waals surface area contributed by atoms with Crippen LogP contribution in [0.1, 0.15) is 39.0 Å². The van der Waals surface area contributed by atoms with Crippen LogP contribution in [0.4, 0.5) is 0 Å². The van der Waals surface area contributed by atoms with Gasteiger partial charge in [0.15, 0.2) is 0 Å². The van der Waals surface area contributed by atoms with Crippen LogP contribution >= 0.6 is 0 Å². The van der Waals surface area contributed by atoms with Gasteiger partial charge in [0.1, 0.15) is 16.8 Å². The Morgan fingerprint density at radius 1 is 1.06 bits per heavy atom. The fraction of sp³-hybridized carbons (Fsp3) is 1.00. The molecule has 0 amide bonds. The van der Waals surface area contributed by atoms with Crippen LogP contribution in [0, 0.1) is 28.6 Å². The van der Waals surface area contributed by atoms with E-state index in [1.165, 1.54) is 0 Å². The molecular weight excluding hydrogens is 426 g/mol. The van der Waals surface area contributed by atoms with E-state index in [0.29, 0.717) is 25.9 Å². The number of likely N-dealkylation sites (tertiary alicyclic amines) is 1. The number of fused-ring (bicyclic) bond motifs is 2. The number of nitrogens with zero attached hydrogens (tertiary/aromatic N) is 1. The van der Waals surface area contributed by atoms with E-state index >= 15 is 0 Å². The zero-order valence-electron chi connectivity index (χ0n) is 20.6. The summed E-state index contributed by atoms with van der Waals surface area (Å²) in [5.74, 6) is -0.0235. The first kappa shape index (κ1) is 23.1. The molecule has 0 aromatic heterocycles. The summed E-state index contributed by atoms with van der Waals surface area (Å²) in [4.78, 5) is 2.32. The molecule has 6 unspecified atom stereocenters. The lowest BCUT2D eigenvalue weighted by Gasteiger charge is -2.71. The van der Waals surface area contributed by atoms with E-state index in [2.05, 4.69) is 11.8 Å². The van der Waals surface area contributed by atoms with Gasteiger partial charge in [-0.15, -0.1) is 0 Å². The Hall–Kier alpha value is -0.320. The highest BCUT2D eigenvalue weighted by Crippen LogP contribution is 2.81. The standard InChI is InChI=1S/C25H41NO7/c1-6-26-12-21(13-30-2)8-7-17(27)24-16-9-14-10-22(16,33-5)23(28,11-15(14)31-3)25(29,20(24)26)19(32-4)18(21)24/h14-20,27-29H,6-13H2,1-5H3/t14-,15+,16-,17?,18-,19+,20?,21?,22?,23-,24?,25?/m1/s1. The number of methoxy groups -OCH3 is 4. The summed E-state index contributed by atoms with van der Waals surface area (Å²) in [7, 11) is 6.75. The number of likely N-dealkylation sites (N-methyl/N-ethyl adjacent to an activating group) is 1. The van der Waals surface area contributed by atoms with Crippen LogP contribution in [0.3, 0.4) is 0 Å². The number of rotatable bonds is 6. The van der Waals surface area contributed by atoms with Gasteiger partial charge in [0.25, 0.3) is 0 Å². The molecule has 3 N–H and O–H groups in total. The van der Waals surface area contributed by atoms with Crippen LogP contribution in [-0.4, -0.2) is 110 Å². The number of piperidine rings is 1. The summed E-state index contributed by atoms with van der Waals surface area (Å²) in [5.41, 5.74) is -5.04. The van der Waals surface area contributed by atoms with E-state index in [9.17, 15) is 15.3 Å². The maximum atomic E-state index is 13.0. The lowest BCUT2D eigenvalue weighted by Crippen LogP contribution is -2.86. The van der Waals surface area contributed by atoms with Crippen LogP contribution in [-0.2, 0) is 18.9 Å². The summed E-state index contributed by atoms with van der Waals surface area (Å²) in [6, 6.07) is -0.419. The highest BCUT2D eigenvalue weighted by Gasteiger charge is 2.94. The lowest BCUT2D eigenvalue weighted by atomic mass is 9.41. The van der Waals surface area contributed by atoms with E-state index < -0.39 is 40.5 Å². The van der Waals surface area contributed by atoms with E-state index in [0.717, 1.165) is 25.9 Å². The predicted molar refractivity (Wildman–Crippen MR) is 119 cm³/mol. The second kappa shape index (κ2) is 6.91. The first-order valence-electron chi connectivity index (χ1n) is 12.7. The fourth-order valence-electron chi connectivity index (χ4n) is 11.0. The van der Waals surface area contributed by atoms with Gasteiger partial charge in [0, 0.05) is 64.1 Å². The van der Waals surface area contributed by atoms with Crippen molar-refractivity contribution in [3.8, 4) is 0 Å². The van der Waals surface area contributed by atoms with Crippen molar-refractivity contribution >= 4 is 0 Å². The monoisotopic (exact) mass is 467 g/mol. The zero-order valence-corrected chi connectivity index (χ0v) is 20.6. The first-order chi connectivity index (χ1) is 15.7. The van der Waals surface area contributed by atoms with Crippen molar-refractivity contribution in [1.29, 1.82) is 0 Å². The maximum absolute atomic E-state index is 13.0. The minimum Gasteiger partial charge on any atom is -0.392 e. The Labute approximate surface area is 196 Å². The second-order valence-electron chi connectivity index (χ2n) is 12.0. The van der Waals surface area contributed by atoms with Gasteiger partial charge in [-0.05, 0) is 38.1 Å². The largest absolute Gasteiger partial charge is 0.392 e. The van der Waals surface area contributed by atoms with Crippen LogP contribution in [0.5, 0.6) is 0 Å². The molecular formula is C25H41NO7. The maximum Gasteiger partial charge on any atom is 0.138 e. The van der Waals surface area contributed by atoms with Gasteiger partial charge in [0.05, 0.1) is 31.0 Å². The van der Waals surface area contributed by atoms with Gasteiger partial charge in [0.2, 0.25) is 0 Å². The fourth-order valence-corrected chi connectivity index (χ4v) is 11.0. The second-order valence-corrected chi connectivity index (χ2v) is 12.0. The number of aliphatic hydroxyl groups is 3. The zero-order chi connectivity index (χ0) is 23.6. The van der Waals surface area contributed by atoms with Gasteiger partial charge in [-0.25, -0.2) is 0 Å². The SMILES string of the molecule is CCN1CC2(COC)CCC(O)C34C1C(O)([C@@H](OC)[C@H]23)[C@@]1(O)C[C@H](OC)[C@@H]2C[C@@H]4C1(OC)C2. The number of aliphatic hydroxyl groups excluding tert-OH is 1. The molecule has 33 heavy (non-hydrogen) atoms. The van der Waals surface area contributed by atoms with Crippen molar-refractivity contribution in [3.63, 3.8) is 0 Å². The van der Waals surface area contributed by atoms with Crippen LogP contribution in [0.25, 0.3) is 0 Å². The number of hydrogen-bond acceptors (Lipinski definition) is 8. The molecule has 5 aliphatic carbocycles. The molecule has 188 valence electrons. The molecule has 8 nitrogen and oxygen atoms in total. The van der Waals surface area contributed by atoms with Gasteiger partial charge in [-0.2, -0.15) is 0 Å². The quantitative estimate of drug-likeness (QED) is 0.517.